The Morgan fingerprint density at radius 2 is 1.75 bits per heavy atom. The van der Waals surface area contributed by atoms with Crippen LogP contribution in [0, 0.1) is 10.8 Å². The number of rotatable bonds is 8. The van der Waals surface area contributed by atoms with Crippen LogP contribution in [-0.4, -0.2) is 62.5 Å². The van der Waals surface area contributed by atoms with Gasteiger partial charge in [0, 0.05) is 35.8 Å². The van der Waals surface area contributed by atoms with Crippen LogP contribution >= 0.6 is 23.5 Å². The third-order valence-electron chi connectivity index (χ3n) is 4.72. The first-order valence-corrected chi connectivity index (χ1v) is 12.2. The van der Waals surface area contributed by atoms with Crippen molar-refractivity contribution in [2.24, 2.45) is 11.1 Å². The van der Waals surface area contributed by atoms with E-state index < -0.39 is 12.0 Å². The molecule has 0 amide bonds. The van der Waals surface area contributed by atoms with Crippen molar-refractivity contribution in [2.45, 2.75) is 88.8 Å². The standard InChI is InChI=1S/C16H26N2O4S2.C4H10/c1-11(19)23-10-14(17-22)15-7-13(8-18(15)9-16(20)21)24-12-5-3-2-4-6-12;1-4(2)3/h12-15H,2-10H2,1H3,(H,20,21);4H,1-3H3. The summed E-state index contributed by atoms with van der Waals surface area (Å²) < 4.78 is 0. The number of thioether (sulfide) groups is 2. The molecule has 0 radical (unpaired) electrons. The van der Waals surface area contributed by atoms with E-state index in [-0.39, 0.29) is 17.7 Å². The van der Waals surface area contributed by atoms with Gasteiger partial charge >= 0.3 is 5.97 Å². The van der Waals surface area contributed by atoms with Gasteiger partial charge in [-0.1, -0.05) is 57.0 Å². The van der Waals surface area contributed by atoms with E-state index in [1.807, 2.05) is 16.7 Å². The lowest BCUT2D eigenvalue weighted by atomic mass is 10.0. The number of nitroso groups, excluding NO2 is 1. The molecule has 2 aliphatic rings. The second-order valence-corrected chi connectivity index (χ2v) is 11.2. The highest BCUT2D eigenvalue weighted by Crippen LogP contribution is 2.37. The molecule has 0 bridgehead atoms. The first-order valence-electron chi connectivity index (χ1n) is 10.3. The summed E-state index contributed by atoms with van der Waals surface area (Å²) in [4.78, 5) is 35.5. The lowest BCUT2D eigenvalue weighted by Gasteiger charge is -2.25. The normalized spacial score (nSPS) is 24.5. The van der Waals surface area contributed by atoms with Crippen LogP contribution in [0.1, 0.15) is 66.2 Å². The minimum atomic E-state index is -0.882. The van der Waals surface area contributed by atoms with Gasteiger partial charge in [-0.3, -0.25) is 14.5 Å². The molecule has 3 atom stereocenters. The van der Waals surface area contributed by atoms with Gasteiger partial charge in [-0.05, 0) is 25.2 Å². The van der Waals surface area contributed by atoms with E-state index in [9.17, 15) is 14.5 Å². The molecule has 3 unspecified atom stereocenters. The fourth-order valence-electron chi connectivity index (χ4n) is 3.63. The SMILES string of the molecule is CC(=O)SCC(N=O)C1CC(SC2CCCCC2)CN1CC(=O)O.CC(C)C. The smallest absolute Gasteiger partial charge is 0.317 e. The molecule has 1 aliphatic heterocycles. The van der Waals surface area contributed by atoms with Gasteiger partial charge in [-0.15, -0.1) is 0 Å². The first kappa shape index (κ1) is 25.4. The summed E-state index contributed by atoms with van der Waals surface area (Å²) in [5.41, 5.74) is 0. The zero-order chi connectivity index (χ0) is 21.1. The number of aliphatic carboxylic acids is 1. The summed E-state index contributed by atoms with van der Waals surface area (Å²) in [6.07, 6.45) is 7.12. The Balaban J connectivity index is 0.000000892. The first-order chi connectivity index (χ1) is 13.2. The molecule has 0 aromatic heterocycles. The van der Waals surface area contributed by atoms with Crippen molar-refractivity contribution in [3.63, 3.8) is 0 Å². The highest BCUT2D eigenvalue weighted by Gasteiger charge is 2.40. The van der Waals surface area contributed by atoms with Crippen molar-refractivity contribution < 1.29 is 14.7 Å². The highest BCUT2D eigenvalue weighted by atomic mass is 32.2. The van der Waals surface area contributed by atoms with E-state index in [0.717, 1.165) is 24.1 Å². The maximum atomic E-state index is 11.3. The third kappa shape index (κ3) is 10.3. The Morgan fingerprint density at radius 1 is 1.14 bits per heavy atom. The number of likely N-dealkylation sites (tertiary alicyclic amines) is 1. The fourth-order valence-corrected chi connectivity index (χ4v) is 6.06. The van der Waals surface area contributed by atoms with Crippen molar-refractivity contribution in [3.8, 4) is 0 Å². The van der Waals surface area contributed by atoms with Crippen LogP contribution in [0.2, 0.25) is 0 Å². The monoisotopic (exact) mass is 432 g/mol. The molecule has 1 saturated heterocycles. The average Bonchev–Trinajstić information content (AvgIpc) is 2.97. The topological polar surface area (TPSA) is 87.0 Å². The zero-order valence-corrected chi connectivity index (χ0v) is 19.3. The molecule has 1 heterocycles. The third-order valence-corrected chi connectivity index (χ3v) is 7.22. The second-order valence-electron chi connectivity index (χ2n) is 8.35. The maximum absolute atomic E-state index is 11.3. The van der Waals surface area contributed by atoms with Crippen LogP contribution < -0.4 is 0 Å². The molecule has 162 valence electrons. The Bertz CT molecular complexity index is 496. The van der Waals surface area contributed by atoms with Crippen LogP contribution in [-0.2, 0) is 9.59 Å². The number of carboxylic acid groups (broad SMARTS) is 1. The number of nitrogens with zero attached hydrogens (tertiary/aromatic N) is 2. The molecule has 0 spiro atoms. The summed E-state index contributed by atoms with van der Waals surface area (Å²) in [6.45, 7) is 8.59. The van der Waals surface area contributed by atoms with Gasteiger partial charge in [-0.25, -0.2) is 0 Å². The summed E-state index contributed by atoms with van der Waals surface area (Å²) in [5, 5.41) is 13.3. The van der Waals surface area contributed by atoms with Crippen molar-refractivity contribution in [1.82, 2.24) is 4.90 Å². The largest absolute Gasteiger partial charge is 0.480 e. The quantitative estimate of drug-likeness (QED) is 0.558. The van der Waals surface area contributed by atoms with Crippen molar-refractivity contribution in [2.75, 3.05) is 18.8 Å². The summed E-state index contributed by atoms with van der Waals surface area (Å²) in [7, 11) is 0. The lowest BCUT2D eigenvalue weighted by molar-refractivity contribution is -0.138. The minimum absolute atomic E-state index is 0.0421. The summed E-state index contributed by atoms with van der Waals surface area (Å²) in [6, 6.07) is -0.707. The highest BCUT2D eigenvalue weighted by molar-refractivity contribution is 8.13. The summed E-state index contributed by atoms with van der Waals surface area (Å²) >= 11 is 3.06. The molecular weight excluding hydrogens is 396 g/mol. The molecule has 28 heavy (non-hydrogen) atoms. The van der Waals surface area contributed by atoms with Crippen LogP contribution in [0.4, 0.5) is 0 Å². The molecule has 2 fully saturated rings. The Morgan fingerprint density at radius 3 is 2.25 bits per heavy atom. The molecule has 0 aromatic rings. The molecule has 1 aliphatic carbocycles. The van der Waals surface area contributed by atoms with E-state index in [1.54, 1.807) is 0 Å². The molecule has 1 saturated carbocycles. The average molecular weight is 433 g/mol. The van der Waals surface area contributed by atoms with Crippen LogP contribution in [0.3, 0.4) is 0 Å². The Kier molecular flexibility index (Phi) is 12.3. The van der Waals surface area contributed by atoms with Gasteiger partial charge < -0.3 is 5.11 Å². The molecule has 0 aromatic carbocycles. The maximum Gasteiger partial charge on any atom is 0.317 e. The van der Waals surface area contributed by atoms with E-state index in [4.69, 9.17) is 5.11 Å². The van der Waals surface area contributed by atoms with Crippen molar-refractivity contribution >= 4 is 34.6 Å². The molecular formula is C20H36N2O4S2. The van der Waals surface area contributed by atoms with E-state index >= 15 is 0 Å². The number of hydrogen-bond donors (Lipinski definition) is 1. The van der Waals surface area contributed by atoms with Crippen molar-refractivity contribution in [3.05, 3.63) is 4.91 Å². The van der Waals surface area contributed by atoms with E-state index in [2.05, 4.69) is 25.9 Å². The zero-order valence-electron chi connectivity index (χ0n) is 17.6. The Hall–Kier alpha value is -0.600. The number of carbonyl (C=O) groups is 2. The second kappa shape index (κ2) is 13.6. The minimum Gasteiger partial charge on any atom is -0.480 e. The lowest BCUT2D eigenvalue weighted by Crippen LogP contribution is -2.42. The predicted octanol–water partition coefficient (Wildman–Crippen LogP) is 4.66. The fraction of sp³-hybridized carbons (Fsp3) is 0.900. The van der Waals surface area contributed by atoms with Gasteiger partial charge in [-0.2, -0.15) is 16.7 Å². The van der Waals surface area contributed by atoms with Gasteiger partial charge in [0.1, 0.15) is 6.04 Å². The van der Waals surface area contributed by atoms with Crippen molar-refractivity contribution in [1.29, 1.82) is 0 Å². The van der Waals surface area contributed by atoms with E-state index in [0.29, 0.717) is 22.8 Å². The van der Waals surface area contributed by atoms with E-state index in [1.165, 1.54) is 39.0 Å². The van der Waals surface area contributed by atoms with Gasteiger partial charge in [0.15, 0.2) is 5.12 Å². The molecule has 1 N–H and O–H groups in total. The molecule has 8 heteroatoms. The van der Waals surface area contributed by atoms with Crippen LogP contribution in [0.25, 0.3) is 0 Å². The van der Waals surface area contributed by atoms with Gasteiger partial charge in [0.05, 0.1) is 6.54 Å². The van der Waals surface area contributed by atoms with Gasteiger partial charge in [0.25, 0.3) is 0 Å². The Labute approximate surface area is 177 Å². The number of carboxylic acids is 1. The molecule has 6 nitrogen and oxygen atoms in total. The number of hydrogen-bond acceptors (Lipinski definition) is 7. The van der Waals surface area contributed by atoms with Gasteiger partial charge in [0.2, 0.25) is 0 Å². The molecule has 2 rings (SSSR count). The van der Waals surface area contributed by atoms with Crippen LogP contribution in [0.15, 0.2) is 5.18 Å². The number of carbonyl (C=O) groups excluding carboxylic acids is 1. The van der Waals surface area contributed by atoms with Crippen LogP contribution in [0.5, 0.6) is 0 Å². The predicted molar refractivity (Wildman–Crippen MR) is 119 cm³/mol. The summed E-state index contributed by atoms with van der Waals surface area (Å²) in [5.74, 6) is 0.285.